The van der Waals surface area contributed by atoms with E-state index in [1.807, 2.05) is 0 Å². The second-order valence-electron chi connectivity index (χ2n) is 18.8. The van der Waals surface area contributed by atoms with E-state index in [9.17, 15) is 14.4 Å². The van der Waals surface area contributed by atoms with E-state index in [4.69, 9.17) is 14.2 Å². The molecule has 69 heavy (non-hydrogen) atoms. The molecule has 0 rings (SSSR count). The zero-order valence-electron chi connectivity index (χ0n) is 45.0. The molecule has 0 aliphatic heterocycles. The summed E-state index contributed by atoms with van der Waals surface area (Å²) in [6.07, 6.45) is 75.4. The van der Waals surface area contributed by atoms with Gasteiger partial charge in [0.05, 0.1) is 0 Å². The fourth-order valence-electron chi connectivity index (χ4n) is 7.77. The van der Waals surface area contributed by atoms with Gasteiger partial charge < -0.3 is 14.2 Å². The highest BCUT2D eigenvalue weighted by atomic mass is 16.6. The van der Waals surface area contributed by atoms with Crippen molar-refractivity contribution in [1.82, 2.24) is 0 Å². The normalized spacial score (nSPS) is 12.8. The first kappa shape index (κ1) is 65.3. The van der Waals surface area contributed by atoms with Crippen LogP contribution in [0.2, 0.25) is 0 Å². The number of hydrogen-bond donors (Lipinski definition) is 0. The van der Waals surface area contributed by atoms with Crippen LogP contribution in [-0.2, 0) is 28.6 Å². The molecule has 0 radical (unpaired) electrons. The highest BCUT2D eigenvalue weighted by Crippen LogP contribution is 2.15. The lowest BCUT2D eigenvalue weighted by Crippen LogP contribution is -2.30. The minimum absolute atomic E-state index is 0.0934. The SMILES string of the molecule is CC/C=C\C/C=C\C/C=C\C/C=C\C/C=C\C/C=C\CCCCC(=O)OCC(COC(=O)CCCCCCCCCCCCCC)OC(=O)CCCCCCCCC/C=C\C/C=C\CCCCCC. The van der Waals surface area contributed by atoms with Crippen LogP contribution in [0.15, 0.2) is 97.2 Å². The maximum absolute atomic E-state index is 12.9. The Hall–Kier alpha value is -3.67. The molecule has 0 fully saturated rings. The Morgan fingerprint density at radius 1 is 0.304 bits per heavy atom. The summed E-state index contributed by atoms with van der Waals surface area (Å²) < 4.78 is 16.8. The standard InChI is InChI=1S/C63H106O6/c1-4-7-10-13-16-19-22-25-27-29-31-32-33-35-36-38-41-44-47-50-53-56-62(65)68-59-60(58-67-61(64)55-52-49-46-43-40-24-21-18-15-12-9-6-3)69-63(66)57-54-51-48-45-42-39-37-34-30-28-26-23-20-17-14-11-8-5-2/h7,10,16,19-20,23,25,27-28,30-32,35-36,41,44,60H,4-6,8-9,11-15,17-18,21-22,24,26,29,33-34,37-40,42-43,45-59H2,1-3H3/b10-7-,19-16-,23-20-,27-25-,30-28-,32-31-,36-35-,44-41-. The maximum Gasteiger partial charge on any atom is 0.306 e. The van der Waals surface area contributed by atoms with Gasteiger partial charge in [-0.2, -0.15) is 0 Å². The van der Waals surface area contributed by atoms with Gasteiger partial charge in [-0.15, -0.1) is 0 Å². The Labute approximate surface area is 426 Å². The molecule has 0 saturated heterocycles. The fraction of sp³-hybridized carbons (Fsp3) is 0.698. The van der Waals surface area contributed by atoms with Crippen LogP contribution in [0.1, 0.15) is 265 Å². The van der Waals surface area contributed by atoms with Gasteiger partial charge in [-0.3, -0.25) is 14.4 Å². The van der Waals surface area contributed by atoms with Gasteiger partial charge in [-0.25, -0.2) is 0 Å². The average molecular weight is 960 g/mol. The van der Waals surface area contributed by atoms with Gasteiger partial charge >= 0.3 is 17.9 Å². The Morgan fingerprint density at radius 2 is 0.565 bits per heavy atom. The lowest BCUT2D eigenvalue weighted by Gasteiger charge is -2.18. The zero-order chi connectivity index (χ0) is 50.0. The van der Waals surface area contributed by atoms with Gasteiger partial charge in [0.15, 0.2) is 6.10 Å². The number of rotatable bonds is 51. The first-order chi connectivity index (χ1) is 34.0. The van der Waals surface area contributed by atoms with Crippen molar-refractivity contribution in [2.24, 2.45) is 0 Å². The van der Waals surface area contributed by atoms with Crippen molar-refractivity contribution in [2.45, 2.75) is 271 Å². The predicted octanol–water partition coefficient (Wildman–Crippen LogP) is 19.3. The molecule has 0 aromatic heterocycles. The van der Waals surface area contributed by atoms with E-state index < -0.39 is 6.10 Å². The minimum Gasteiger partial charge on any atom is -0.462 e. The number of allylic oxidation sites excluding steroid dienone is 16. The van der Waals surface area contributed by atoms with E-state index in [1.165, 1.54) is 116 Å². The molecule has 0 aliphatic rings. The monoisotopic (exact) mass is 959 g/mol. The number of carbonyl (C=O) groups excluding carboxylic acids is 3. The van der Waals surface area contributed by atoms with Crippen molar-refractivity contribution in [3.05, 3.63) is 97.2 Å². The van der Waals surface area contributed by atoms with E-state index in [0.717, 1.165) is 109 Å². The van der Waals surface area contributed by atoms with Crippen molar-refractivity contribution in [3.63, 3.8) is 0 Å². The smallest absolute Gasteiger partial charge is 0.306 e. The molecule has 6 heteroatoms. The molecular weight excluding hydrogens is 853 g/mol. The van der Waals surface area contributed by atoms with Gasteiger partial charge in [0.25, 0.3) is 0 Å². The Balaban J connectivity index is 4.45. The molecule has 0 aromatic rings. The molecule has 0 aliphatic carbocycles. The molecule has 6 nitrogen and oxygen atoms in total. The molecule has 0 bridgehead atoms. The largest absolute Gasteiger partial charge is 0.462 e. The van der Waals surface area contributed by atoms with Crippen LogP contribution in [0.25, 0.3) is 0 Å². The van der Waals surface area contributed by atoms with Crippen LogP contribution in [0.4, 0.5) is 0 Å². The molecule has 0 N–H and O–H groups in total. The molecule has 1 atom stereocenters. The summed E-state index contributed by atoms with van der Waals surface area (Å²) in [6.45, 7) is 6.47. The Morgan fingerprint density at radius 3 is 0.928 bits per heavy atom. The summed E-state index contributed by atoms with van der Waals surface area (Å²) in [6, 6.07) is 0. The third-order valence-electron chi connectivity index (χ3n) is 12.1. The summed E-state index contributed by atoms with van der Waals surface area (Å²) in [5.74, 6) is -0.943. The number of unbranched alkanes of at least 4 members (excludes halogenated alkanes) is 24. The molecule has 0 amide bonds. The molecule has 0 spiro atoms. The second-order valence-corrected chi connectivity index (χ2v) is 18.8. The first-order valence-corrected chi connectivity index (χ1v) is 28.7. The quantitative estimate of drug-likeness (QED) is 0.0262. The van der Waals surface area contributed by atoms with Crippen molar-refractivity contribution in [3.8, 4) is 0 Å². The van der Waals surface area contributed by atoms with Gasteiger partial charge in [-0.1, -0.05) is 240 Å². The number of hydrogen-bond acceptors (Lipinski definition) is 6. The van der Waals surface area contributed by atoms with Gasteiger partial charge in [0, 0.05) is 19.3 Å². The molecule has 0 aromatic carbocycles. The molecule has 0 heterocycles. The van der Waals surface area contributed by atoms with Crippen LogP contribution in [0, 0.1) is 0 Å². The third kappa shape index (κ3) is 55.1. The van der Waals surface area contributed by atoms with E-state index in [0.29, 0.717) is 19.3 Å². The summed E-state index contributed by atoms with van der Waals surface area (Å²) in [5, 5.41) is 0. The zero-order valence-corrected chi connectivity index (χ0v) is 45.0. The van der Waals surface area contributed by atoms with Crippen LogP contribution in [0.5, 0.6) is 0 Å². The second kappa shape index (κ2) is 56.9. The third-order valence-corrected chi connectivity index (χ3v) is 12.1. The van der Waals surface area contributed by atoms with E-state index in [2.05, 4.69) is 118 Å². The van der Waals surface area contributed by atoms with E-state index in [-0.39, 0.29) is 31.1 Å². The molecular formula is C63H106O6. The number of esters is 3. The van der Waals surface area contributed by atoms with E-state index in [1.54, 1.807) is 0 Å². The Bertz CT molecular complexity index is 1380. The van der Waals surface area contributed by atoms with Crippen LogP contribution in [0.3, 0.4) is 0 Å². The summed E-state index contributed by atoms with van der Waals surface area (Å²) >= 11 is 0. The van der Waals surface area contributed by atoms with Gasteiger partial charge in [0.2, 0.25) is 0 Å². The maximum atomic E-state index is 12.9. The van der Waals surface area contributed by atoms with Crippen molar-refractivity contribution in [2.75, 3.05) is 13.2 Å². The lowest BCUT2D eigenvalue weighted by molar-refractivity contribution is -0.167. The Kier molecular flexibility index (Phi) is 53.9. The molecule has 0 saturated carbocycles. The molecule has 394 valence electrons. The van der Waals surface area contributed by atoms with Crippen molar-refractivity contribution < 1.29 is 28.6 Å². The summed E-state index contributed by atoms with van der Waals surface area (Å²) in [5.41, 5.74) is 0. The van der Waals surface area contributed by atoms with Crippen molar-refractivity contribution >= 4 is 17.9 Å². The molecule has 1 unspecified atom stereocenters. The summed E-state index contributed by atoms with van der Waals surface area (Å²) in [7, 11) is 0. The fourth-order valence-corrected chi connectivity index (χ4v) is 7.77. The highest BCUT2D eigenvalue weighted by molar-refractivity contribution is 5.71. The summed E-state index contributed by atoms with van der Waals surface area (Å²) in [4.78, 5) is 38.1. The first-order valence-electron chi connectivity index (χ1n) is 28.7. The highest BCUT2D eigenvalue weighted by Gasteiger charge is 2.19. The van der Waals surface area contributed by atoms with Crippen molar-refractivity contribution in [1.29, 1.82) is 0 Å². The number of carbonyl (C=O) groups is 3. The lowest BCUT2D eigenvalue weighted by atomic mass is 10.0. The minimum atomic E-state index is -0.799. The van der Waals surface area contributed by atoms with Gasteiger partial charge in [0.1, 0.15) is 13.2 Å². The number of ether oxygens (including phenoxy) is 3. The van der Waals surface area contributed by atoms with Crippen LogP contribution in [-0.4, -0.2) is 37.2 Å². The van der Waals surface area contributed by atoms with Gasteiger partial charge in [-0.05, 0) is 103 Å². The van der Waals surface area contributed by atoms with Crippen LogP contribution < -0.4 is 0 Å². The topological polar surface area (TPSA) is 78.9 Å². The van der Waals surface area contributed by atoms with Crippen LogP contribution >= 0.6 is 0 Å². The van der Waals surface area contributed by atoms with E-state index >= 15 is 0 Å². The average Bonchev–Trinajstić information content (AvgIpc) is 3.35. The predicted molar refractivity (Wildman–Crippen MR) is 297 cm³/mol.